The smallest absolute Gasteiger partial charge is 0.123 e. The number of hydrogen-bond donors (Lipinski definition) is 1. The van der Waals surface area contributed by atoms with Gasteiger partial charge in [-0.2, -0.15) is 0 Å². The normalized spacial score (nSPS) is 14.4. The summed E-state index contributed by atoms with van der Waals surface area (Å²) < 4.78 is 18.9. The van der Waals surface area contributed by atoms with E-state index in [0.29, 0.717) is 0 Å². The van der Waals surface area contributed by atoms with Crippen molar-refractivity contribution in [1.82, 2.24) is 5.32 Å². The largest absolute Gasteiger partial charge is 0.377 e. The molecule has 108 valence electrons. The Balaban J connectivity index is 2.81. The molecule has 0 aliphatic carbocycles. The Hall–Kier alpha value is -0.930. The molecule has 2 atom stereocenters. The fourth-order valence-electron chi connectivity index (χ4n) is 2.46. The second-order valence-corrected chi connectivity index (χ2v) is 4.84. The van der Waals surface area contributed by atoms with Crippen LogP contribution in [0.3, 0.4) is 0 Å². The van der Waals surface area contributed by atoms with Gasteiger partial charge in [0.1, 0.15) is 5.82 Å². The third-order valence-corrected chi connectivity index (χ3v) is 3.44. The molecular weight excluding hydrogens is 241 g/mol. The van der Waals surface area contributed by atoms with Crippen molar-refractivity contribution in [2.45, 2.75) is 52.7 Å². The van der Waals surface area contributed by atoms with Gasteiger partial charge in [0.05, 0.1) is 6.10 Å². The predicted octanol–water partition coefficient (Wildman–Crippen LogP) is 3.47. The average Bonchev–Trinajstić information content (AvgIpc) is 2.38. The fraction of sp³-hybridized carbons (Fsp3) is 0.625. The quantitative estimate of drug-likeness (QED) is 0.778. The molecule has 0 spiro atoms. The third kappa shape index (κ3) is 4.92. The van der Waals surface area contributed by atoms with Gasteiger partial charge in [0.25, 0.3) is 0 Å². The topological polar surface area (TPSA) is 21.3 Å². The van der Waals surface area contributed by atoms with Crippen LogP contribution in [0.25, 0.3) is 0 Å². The van der Waals surface area contributed by atoms with Crippen LogP contribution < -0.4 is 5.32 Å². The molecule has 2 nitrogen and oxygen atoms in total. The number of likely N-dealkylation sites (N-methyl/N-ethyl adjacent to an activating group) is 1. The molecule has 3 heteroatoms. The molecule has 1 rings (SSSR count). The van der Waals surface area contributed by atoms with E-state index in [1.807, 2.05) is 19.9 Å². The van der Waals surface area contributed by atoms with Gasteiger partial charge < -0.3 is 10.1 Å². The van der Waals surface area contributed by atoms with Gasteiger partial charge >= 0.3 is 0 Å². The fourth-order valence-corrected chi connectivity index (χ4v) is 2.46. The zero-order valence-corrected chi connectivity index (χ0v) is 12.5. The highest BCUT2D eigenvalue weighted by Crippen LogP contribution is 2.16. The lowest BCUT2D eigenvalue weighted by atomic mass is 9.96. The molecule has 1 aromatic carbocycles. The van der Waals surface area contributed by atoms with Gasteiger partial charge in [-0.1, -0.05) is 19.9 Å². The maximum Gasteiger partial charge on any atom is 0.123 e. The number of rotatable bonds is 8. The highest BCUT2D eigenvalue weighted by molar-refractivity contribution is 5.27. The molecule has 0 fully saturated rings. The second kappa shape index (κ2) is 8.28. The maximum absolute atomic E-state index is 13.1. The van der Waals surface area contributed by atoms with Gasteiger partial charge in [-0.25, -0.2) is 4.39 Å². The lowest BCUT2D eigenvalue weighted by molar-refractivity contribution is 0.0323. The van der Waals surface area contributed by atoms with Crippen molar-refractivity contribution in [3.63, 3.8) is 0 Å². The van der Waals surface area contributed by atoms with E-state index in [2.05, 4.69) is 19.2 Å². The van der Waals surface area contributed by atoms with Crippen LogP contribution in [0.4, 0.5) is 4.39 Å². The van der Waals surface area contributed by atoms with Gasteiger partial charge in [-0.15, -0.1) is 0 Å². The zero-order valence-electron chi connectivity index (χ0n) is 12.5. The minimum Gasteiger partial charge on any atom is -0.377 e. The standard InChI is InChI=1S/C16H26FNO/c1-5-16(19-7-3)15(18-6-2)11-13-8-9-14(17)10-12(13)4/h8-10,15-16,18H,5-7,11H2,1-4H3. The molecule has 0 aliphatic rings. The van der Waals surface area contributed by atoms with Crippen LogP contribution in [0, 0.1) is 12.7 Å². The van der Waals surface area contributed by atoms with E-state index in [1.54, 1.807) is 6.07 Å². The predicted molar refractivity (Wildman–Crippen MR) is 78.0 cm³/mol. The van der Waals surface area contributed by atoms with Crippen LogP contribution in [0.1, 0.15) is 38.3 Å². The minimum atomic E-state index is -0.168. The van der Waals surface area contributed by atoms with Crippen LogP contribution in [-0.2, 0) is 11.2 Å². The monoisotopic (exact) mass is 267 g/mol. The molecule has 2 unspecified atom stereocenters. The molecule has 0 amide bonds. The number of benzene rings is 1. The first-order valence-electron chi connectivity index (χ1n) is 7.22. The molecule has 0 saturated heterocycles. The number of aryl methyl sites for hydroxylation is 1. The van der Waals surface area contributed by atoms with Crippen LogP contribution in [-0.4, -0.2) is 25.3 Å². The molecule has 19 heavy (non-hydrogen) atoms. The highest BCUT2D eigenvalue weighted by atomic mass is 19.1. The van der Waals surface area contributed by atoms with Crippen LogP contribution >= 0.6 is 0 Å². The Bertz CT molecular complexity index is 381. The molecule has 0 aromatic heterocycles. The van der Waals surface area contributed by atoms with Crippen molar-refractivity contribution in [3.8, 4) is 0 Å². The van der Waals surface area contributed by atoms with Crippen LogP contribution in [0.15, 0.2) is 18.2 Å². The van der Waals surface area contributed by atoms with Gasteiger partial charge in [-0.3, -0.25) is 0 Å². The summed E-state index contributed by atoms with van der Waals surface area (Å²) in [4.78, 5) is 0. The van der Waals surface area contributed by atoms with Gasteiger partial charge in [0.2, 0.25) is 0 Å². The maximum atomic E-state index is 13.1. The lowest BCUT2D eigenvalue weighted by Crippen LogP contribution is -2.42. The third-order valence-electron chi connectivity index (χ3n) is 3.44. The number of ether oxygens (including phenoxy) is 1. The summed E-state index contributed by atoms with van der Waals surface area (Å²) in [6.45, 7) is 9.86. The summed E-state index contributed by atoms with van der Waals surface area (Å²) in [7, 11) is 0. The average molecular weight is 267 g/mol. The SMILES string of the molecule is CCNC(Cc1ccc(F)cc1C)C(CC)OCC. The molecule has 0 aliphatic heterocycles. The Morgan fingerprint density at radius 3 is 2.53 bits per heavy atom. The van der Waals surface area contributed by atoms with E-state index in [4.69, 9.17) is 4.74 Å². The van der Waals surface area contributed by atoms with Crippen molar-refractivity contribution >= 4 is 0 Å². The van der Waals surface area contributed by atoms with Gasteiger partial charge in [0.15, 0.2) is 0 Å². The van der Waals surface area contributed by atoms with E-state index in [0.717, 1.165) is 31.6 Å². The Kier molecular flexibility index (Phi) is 7.03. The van der Waals surface area contributed by atoms with Crippen LogP contribution in [0.2, 0.25) is 0 Å². The van der Waals surface area contributed by atoms with Crippen molar-refractivity contribution in [1.29, 1.82) is 0 Å². The molecular formula is C16H26FNO. The summed E-state index contributed by atoms with van der Waals surface area (Å²) in [5, 5.41) is 3.49. The van der Waals surface area contributed by atoms with E-state index < -0.39 is 0 Å². The summed E-state index contributed by atoms with van der Waals surface area (Å²) in [6.07, 6.45) is 2.05. The lowest BCUT2D eigenvalue weighted by Gasteiger charge is -2.27. The summed E-state index contributed by atoms with van der Waals surface area (Å²) in [5.41, 5.74) is 2.19. The van der Waals surface area contributed by atoms with Crippen LogP contribution in [0.5, 0.6) is 0 Å². The molecule has 1 aromatic rings. The minimum absolute atomic E-state index is 0.168. The summed E-state index contributed by atoms with van der Waals surface area (Å²) in [6, 6.07) is 5.29. The number of nitrogens with one attached hydrogen (secondary N) is 1. The first-order chi connectivity index (χ1) is 9.12. The second-order valence-electron chi connectivity index (χ2n) is 4.84. The molecule has 0 heterocycles. The van der Waals surface area contributed by atoms with Crippen molar-refractivity contribution in [2.75, 3.05) is 13.2 Å². The van der Waals surface area contributed by atoms with Gasteiger partial charge in [-0.05, 0) is 56.5 Å². The first kappa shape index (κ1) is 16.1. The summed E-state index contributed by atoms with van der Waals surface area (Å²) >= 11 is 0. The Labute approximate surface area is 116 Å². The molecule has 0 bridgehead atoms. The number of hydrogen-bond acceptors (Lipinski definition) is 2. The van der Waals surface area contributed by atoms with E-state index >= 15 is 0 Å². The molecule has 0 radical (unpaired) electrons. The Morgan fingerprint density at radius 2 is 2.00 bits per heavy atom. The van der Waals surface area contributed by atoms with E-state index in [1.165, 1.54) is 11.6 Å². The summed E-state index contributed by atoms with van der Waals surface area (Å²) in [5.74, 6) is -0.168. The number of halogens is 1. The van der Waals surface area contributed by atoms with Crippen molar-refractivity contribution in [2.24, 2.45) is 0 Å². The van der Waals surface area contributed by atoms with E-state index in [9.17, 15) is 4.39 Å². The first-order valence-corrected chi connectivity index (χ1v) is 7.22. The molecule has 0 saturated carbocycles. The molecule has 1 N–H and O–H groups in total. The Morgan fingerprint density at radius 1 is 1.26 bits per heavy atom. The zero-order chi connectivity index (χ0) is 14.3. The van der Waals surface area contributed by atoms with Crippen molar-refractivity contribution < 1.29 is 9.13 Å². The highest BCUT2D eigenvalue weighted by Gasteiger charge is 2.20. The van der Waals surface area contributed by atoms with E-state index in [-0.39, 0.29) is 18.0 Å². The van der Waals surface area contributed by atoms with Gasteiger partial charge in [0, 0.05) is 12.6 Å². The van der Waals surface area contributed by atoms with Crippen molar-refractivity contribution in [3.05, 3.63) is 35.1 Å².